The number of aliphatic hydroxyl groups excluding tert-OH is 5. The van der Waals surface area contributed by atoms with Crippen LogP contribution in [0.2, 0.25) is 0 Å². The molecule has 49 nitrogen and oxygen atoms in total. The lowest BCUT2D eigenvalue weighted by Gasteiger charge is -2.30. The van der Waals surface area contributed by atoms with Crippen molar-refractivity contribution in [3.8, 4) is 5.75 Å². The number of benzene rings is 3. The van der Waals surface area contributed by atoms with E-state index in [1.807, 2.05) is 10.6 Å². The summed E-state index contributed by atoms with van der Waals surface area (Å²) in [5.41, 5.74) is 12.7. The summed E-state index contributed by atoms with van der Waals surface area (Å²) in [7, 11) is 0. The minimum Gasteiger partial charge on any atom is -0.508 e. The SMILES string of the molecule is CC(C)[C@H](NC(=O)[C@@H](NC(=O)[C@H](Cc1ccccc1)NC(=O)[C@@H](NC(=O)[C@H](CCCCN)NC(=O)[C@@H](NC(=O)[C@H](C)NC(=O)[C@H](CC(=O)O)NC(=O)[C@H](CC(=O)O)NC(=O)[C@H](Cc1ccc(O)cc1)NC(=O)[C@@H](NC(=O)[C@H](Cc1c[nH]c2ccccc12)NC(=O)[C@H](CCC(=O)O)NC(=O)CN)[C@@H](C)O)[C@@H](C)O)[C@@H](C)O)[C@@H](C)O)C(=O)N[C@H](C(=O)N[C@@H](CCC(=O)O)C(=O)O)[C@@H](C)O. The van der Waals surface area contributed by atoms with E-state index >= 15 is 0 Å². The monoisotopic (exact) mass is 1860 g/mol. The third-order valence-electron chi connectivity index (χ3n) is 20.3. The van der Waals surface area contributed by atoms with Crippen molar-refractivity contribution in [3.63, 3.8) is 0 Å². The lowest BCUT2D eigenvalue weighted by atomic mass is 10.00. The number of aliphatic hydroxyl groups is 5. The van der Waals surface area contributed by atoms with E-state index < -0.39 is 303 Å². The van der Waals surface area contributed by atoms with Gasteiger partial charge in [0.1, 0.15) is 96.4 Å². The van der Waals surface area contributed by atoms with Crippen LogP contribution in [-0.4, -0.2) is 314 Å². The molecule has 3 aromatic carbocycles. The Hall–Kier alpha value is -13.9. The summed E-state index contributed by atoms with van der Waals surface area (Å²) in [6, 6.07) is -9.18. The van der Waals surface area contributed by atoms with Crippen molar-refractivity contribution in [1.82, 2.24) is 84.7 Å². The molecule has 0 saturated heterocycles. The zero-order valence-electron chi connectivity index (χ0n) is 73.3. The number of nitrogens with two attached hydrogens (primary N) is 2. The second-order valence-corrected chi connectivity index (χ2v) is 31.7. The first-order chi connectivity index (χ1) is 62.0. The van der Waals surface area contributed by atoms with E-state index in [1.54, 1.807) is 42.5 Å². The molecular formula is C83H118N18O31. The number of para-hydroxylation sites is 1. The number of phenolic OH excluding ortho intramolecular Hbond substituents is 1. The summed E-state index contributed by atoms with van der Waals surface area (Å²) in [6.07, 6.45) is -14.1. The lowest BCUT2D eigenvalue weighted by Crippen LogP contribution is -2.64. The van der Waals surface area contributed by atoms with Crippen LogP contribution in [0.4, 0.5) is 0 Å². The largest absolute Gasteiger partial charge is 0.508 e. The normalized spacial score (nSPS) is 15.8. The number of H-pyrrole nitrogens is 1. The summed E-state index contributed by atoms with van der Waals surface area (Å²) in [6.45, 7) is 8.43. The van der Waals surface area contributed by atoms with Gasteiger partial charge in [0.25, 0.3) is 0 Å². The minimum atomic E-state index is -2.29. The molecule has 726 valence electrons. The fraction of sp³-hybridized carbons (Fsp3) is 0.518. The molecule has 49 heteroatoms. The van der Waals surface area contributed by atoms with Crippen LogP contribution < -0.4 is 91.2 Å². The molecule has 0 aliphatic heterocycles. The molecule has 15 amide bonds. The summed E-state index contributed by atoms with van der Waals surface area (Å²) < 4.78 is 0. The Morgan fingerprint density at radius 2 is 0.659 bits per heavy atom. The van der Waals surface area contributed by atoms with Gasteiger partial charge in [0.2, 0.25) is 88.6 Å². The molecule has 0 unspecified atom stereocenters. The Balaban J connectivity index is 1.57. The zero-order chi connectivity index (χ0) is 99.2. The first-order valence-corrected chi connectivity index (χ1v) is 41.8. The number of carbonyl (C=O) groups excluding carboxylic acids is 15. The Morgan fingerprint density at radius 1 is 0.326 bits per heavy atom. The minimum absolute atomic E-state index is 0.0316. The van der Waals surface area contributed by atoms with E-state index in [-0.39, 0.29) is 43.5 Å². The van der Waals surface area contributed by atoms with Crippen molar-refractivity contribution >= 4 is 129 Å². The predicted octanol–water partition coefficient (Wildman–Crippen LogP) is -8.40. The van der Waals surface area contributed by atoms with Crippen LogP contribution in [0.1, 0.15) is 130 Å². The predicted molar refractivity (Wildman–Crippen MR) is 460 cm³/mol. The van der Waals surface area contributed by atoms with Gasteiger partial charge >= 0.3 is 29.8 Å². The van der Waals surface area contributed by atoms with Gasteiger partial charge in [-0.1, -0.05) is 74.5 Å². The van der Waals surface area contributed by atoms with Crippen LogP contribution in [0.3, 0.4) is 0 Å². The highest BCUT2D eigenvalue weighted by atomic mass is 16.4. The van der Waals surface area contributed by atoms with Crippen LogP contribution in [0.25, 0.3) is 10.9 Å². The molecule has 1 heterocycles. The number of carboxylic acids is 5. The van der Waals surface area contributed by atoms with E-state index in [2.05, 4.69) is 74.1 Å². The smallest absolute Gasteiger partial charge is 0.326 e. The number of hydrogen-bond donors (Lipinski definition) is 29. The van der Waals surface area contributed by atoms with E-state index in [4.69, 9.17) is 16.6 Å². The van der Waals surface area contributed by atoms with E-state index in [0.717, 1.165) is 53.7 Å². The molecule has 0 bridgehead atoms. The highest BCUT2D eigenvalue weighted by Gasteiger charge is 2.42. The maximum atomic E-state index is 14.6. The molecule has 4 aromatic rings. The van der Waals surface area contributed by atoms with Gasteiger partial charge in [-0.05, 0) is 121 Å². The van der Waals surface area contributed by atoms with E-state index in [1.165, 1.54) is 44.3 Å². The number of fused-ring (bicyclic) bond motifs is 1. The van der Waals surface area contributed by atoms with Crippen molar-refractivity contribution in [2.24, 2.45) is 17.4 Å². The Labute approximate surface area is 754 Å². The van der Waals surface area contributed by atoms with Crippen LogP contribution in [0.5, 0.6) is 5.75 Å². The third kappa shape index (κ3) is 36.6. The number of nitrogens with one attached hydrogen (secondary N) is 16. The van der Waals surface area contributed by atoms with Gasteiger partial charge in [0, 0.05) is 49.2 Å². The summed E-state index contributed by atoms with van der Waals surface area (Å²) in [5, 5.41) is 147. The van der Waals surface area contributed by atoms with Gasteiger partial charge in [-0.25, -0.2) is 4.79 Å². The second kappa shape index (κ2) is 53.9. The fourth-order valence-corrected chi connectivity index (χ4v) is 13.0. The summed E-state index contributed by atoms with van der Waals surface area (Å²) >= 11 is 0. The fourth-order valence-electron chi connectivity index (χ4n) is 13.0. The molecule has 20 atom stereocenters. The van der Waals surface area contributed by atoms with Crippen molar-refractivity contribution < 1.29 is 152 Å². The first kappa shape index (κ1) is 110. The molecule has 4 rings (SSSR count). The quantitative estimate of drug-likeness (QED) is 0.0183. The highest BCUT2D eigenvalue weighted by Crippen LogP contribution is 2.21. The lowest BCUT2D eigenvalue weighted by molar-refractivity contribution is -0.144. The number of hydrogen-bond acceptors (Lipinski definition) is 28. The molecule has 0 saturated carbocycles. The number of aliphatic carboxylic acids is 5. The van der Waals surface area contributed by atoms with Crippen molar-refractivity contribution in [2.45, 2.75) is 254 Å². The number of amides is 15. The molecule has 0 aliphatic carbocycles. The number of rotatable bonds is 57. The topological polar surface area (TPSA) is 812 Å². The third-order valence-corrected chi connectivity index (χ3v) is 20.3. The number of phenols is 1. The maximum absolute atomic E-state index is 14.6. The van der Waals surface area contributed by atoms with Crippen molar-refractivity contribution in [1.29, 1.82) is 0 Å². The van der Waals surface area contributed by atoms with E-state index in [0.29, 0.717) is 22.0 Å². The van der Waals surface area contributed by atoms with Gasteiger partial charge in [0.05, 0.1) is 49.9 Å². The molecule has 0 aliphatic rings. The Bertz CT molecular complexity index is 4700. The highest BCUT2D eigenvalue weighted by molar-refractivity contribution is 6.02. The Morgan fingerprint density at radius 3 is 1.09 bits per heavy atom. The number of aromatic nitrogens is 1. The standard InChI is InChI=1S/C83H118N18O31/c1-37(2)63(77(125)101-67(42(7)105)79(127)90-52(83(131)132)26-28-60(111)112)96-82(130)68(43(8)106)100-75(123)54(30-44-16-10-9-11-17-44)95-80(128)65(40(5)103)98-71(119)50(20-14-15-29-84)89-78(126)64(39(4)102)97-69(117)38(3)87-72(120)56(33-61(113)114)92-74(122)57(34-62(115)116)93-73(121)53(31-45-21-23-47(107)24-22-45)94-81(129)66(41(6)104)99-76(124)55(32-46-36-86-49-19-13-12-18-48(46)49)91-70(118)51(25-27-59(109)110)88-58(108)35-85/h9-13,16-19,21-24,36-43,50-57,63-68,86,102-107H,14-15,20,25-35,84-85H2,1-8H3,(H,87,120)(H,88,108)(H,89,126)(H,90,127)(H,91,118)(H,92,122)(H,93,121)(H,94,129)(H,95,128)(H,96,130)(H,97,117)(H,98,119)(H,99,124)(H,100,123)(H,101,125)(H,109,110)(H,111,112)(H,113,114)(H,115,116)(H,131,132)/t38-,39+,40+,41+,42+,43+,50-,51-,52-,53-,54-,55-,56-,57-,63-,64-,65-,66-,67-,68-/m0/s1. The number of aromatic hydroxyl groups is 1. The second-order valence-electron chi connectivity index (χ2n) is 31.7. The number of carboxylic acid groups (broad SMARTS) is 5. The molecule has 132 heavy (non-hydrogen) atoms. The summed E-state index contributed by atoms with van der Waals surface area (Å²) in [5.74, 6) is -28.1. The molecular weight excluding hydrogens is 1750 g/mol. The molecule has 0 fully saturated rings. The molecule has 0 radical (unpaired) electrons. The van der Waals surface area contributed by atoms with Crippen molar-refractivity contribution in [3.05, 3.63) is 102 Å². The van der Waals surface area contributed by atoms with Gasteiger partial charge in [0.15, 0.2) is 0 Å². The van der Waals surface area contributed by atoms with Gasteiger partial charge in [-0.3, -0.25) is 91.1 Å². The van der Waals surface area contributed by atoms with E-state index in [9.17, 15) is 147 Å². The molecule has 31 N–H and O–H groups in total. The number of unbranched alkanes of at least 4 members (excludes halogenated alkanes) is 1. The van der Waals surface area contributed by atoms with Crippen LogP contribution in [0.15, 0.2) is 85.1 Å². The zero-order valence-corrected chi connectivity index (χ0v) is 73.3. The van der Waals surface area contributed by atoms with Crippen LogP contribution >= 0.6 is 0 Å². The van der Waals surface area contributed by atoms with Gasteiger partial charge < -0.3 is 152 Å². The van der Waals surface area contributed by atoms with Crippen LogP contribution in [-0.2, 0) is 115 Å². The van der Waals surface area contributed by atoms with Gasteiger partial charge in [-0.15, -0.1) is 0 Å². The van der Waals surface area contributed by atoms with Gasteiger partial charge in [-0.2, -0.15) is 0 Å². The maximum Gasteiger partial charge on any atom is 0.326 e. The van der Waals surface area contributed by atoms with Crippen LogP contribution in [0, 0.1) is 5.92 Å². The molecule has 1 aromatic heterocycles. The Kier molecular flexibility index (Phi) is 45.1. The van der Waals surface area contributed by atoms with Crippen molar-refractivity contribution in [2.75, 3.05) is 13.1 Å². The number of aromatic amines is 1. The molecule has 0 spiro atoms. The first-order valence-electron chi connectivity index (χ1n) is 41.8. The average molecular weight is 1860 g/mol. The summed E-state index contributed by atoms with van der Waals surface area (Å²) in [4.78, 5) is 273. The number of carbonyl (C=O) groups is 20. The average Bonchev–Trinajstić information content (AvgIpc) is 1.62.